The van der Waals surface area contributed by atoms with E-state index >= 15 is 0 Å². The smallest absolute Gasteiger partial charge is 0.138 e. The Labute approximate surface area is 154 Å². The van der Waals surface area contributed by atoms with Crippen LogP contribution in [0.25, 0.3) is 0 Å². The normalized spacial score (nSPS) is 26.5. The van der Waals surface area contributed by atoms with Crippen molar-refractivity contribution in [3.63, 3.8) is 0 Å². The molecule has 0 amide bonds. The van der Waals surface area contributed by atoms with Gasteiger partial charge in [-0.05, 0) is 45.2 Å². The van der Waals surface area contributed by atoms with Gasteiger partial charge in [0.1, 0.15) is 11.5 Å². The van der Waals surface area contributed by atoms with Gasteiger partial charge in [0.05, 0.1) is 24.6 Å². The van der Waals surface area contributed by atoms with Gasteiger partial charge in [0.15, 0.2) is 0 Å². The Kier molecular flexibility index (Phi) is 4.96. The predicted molar refractivity (Wildman–Crippen MR) is 97.0 cm³/mol. The Morgan fingerprint density at radius 3 is 3.08 bits per heavy atom. The van der Waals surface area contributed by atoms with Crippen LogP contribution >= 0.6 is 0 Å². The molecular formula is C20H27N3O3. The highest BCUT2D eigenvalue weighted by Gasteiger charge is 2.46. The van der Waals surface area contributed by atoms with Gasteiger partial charge in [-0.3, -0.25) is 9.88 Å². The molecule has 0 aliphatic carbocycles. The molecule has 2 aromatic heterocycles. The van der Waals surface area contributed by atoms with Gasteiger partial charge in [0.2, 0.25) is 0 Å². The average molecular weight is 357 g/mol. The third kappa shape index (κ3) is 3.48. The zero-order valence-electron chi connectivity index (χ0n) is 15.6. The zero-order valence-corrected chi connectivity index (χ0v) is 15.6. The van der Waals surface area contributed by atoms with Crippen molar-refractivity contribution in [1.82, 2.24) is 15.0 Å². The number of aromatic nitrogens is 2. The minimum Gasteiger partial charge on any atom is -0.491 e. The van der Waals surface area contributed by atoms with Crippen molar-refractivity contribution in [2.75, 3.05) is 26.3 Å². The number of fused-ring (bicyclic) bond motifs is 1. The van der Waals surface area contributed by atoms with E-state index in [4.69, 9.17) is 14.0 Å². The lowest BCUT2D eigenvalue weighted by Gasteiger charge is -2.50. The van der Waals surface area contributed by atoms with Crippen LogP contribution in [0.3, 0.4) is 0 Å². The molecule has 0 spiro atoms. The third-order valence-electron chi connectivity index (χ3n) is 5.79. The van der Waals surface area contributed by atoms with Crippen LogP contribution in [0.5, 0.6) is 5.75 Å². The van der Waals surface area contributed by atoms with Crippen molar-refractivity contribution in [1.29, 1.82) is 0 Å². The van der Waals surface area contributed by atoms with Crippen LogP contribution < -0.4 is 4.74 Å². The van der Waals surface area contributed by atoms with E-state index in [-0.39, 0.29) is 11.5 Å². The highest BCUT2D eigenvalue weighted by atomic mass is 16.5. The van der Waals surface area contributed by atoms with Crippen molar-refractivity contribution in [2.24, 2.45) is 5.41 Å². The van der Waals surface area contributed by atoms with Crippen molar-refractivity contribution in [3.8, 4) is 5.75 Å². The number of hydrogen-bond donors (Lipinski definition) is 0. The minimum atomic E-state index is 0.0331. The molecule has 0 saturated carbocycles. The maximum absolute atomic E-state index is 6.15. The Morgan fingerprint density at radius 1 is 1.38 bits per heavy atom. The molecule has 2 saturated heterocycles. The van der Waals surface area contributed by atoms with Crippen LogP contribution in [0.2, 0.25) is 0 Å². The molecule has 0 aromatic carbocycles. The summed E-state index contributed by atoms with van der Waals surface area (Å²) in [7, 11) is 0. The largest absolute Gasteiger partial charge is 0.491 e. The number of rotatable bonds is 5. The van der Waals surface area contributed by atoms with E-state index in [1.165, 1.54) is 5.56 Å². The first-order valence-electron chi connectivity index (χ1n) is 9.45. The monoisotopic (exact) mass is 357 g/mol. The second-order valence-corrected chi connectivity index (χ2v) is 7.60. The van der Waals surface area contributed by atoms with Gasteiger partial charge >= 0.3 is 0 Å². The van der Waals surface area contributed by atoms with E-state index in [9.17, 15) is 0 Å². The Bertz CT molecular complexity index is 714. The lowest BCUT2D eigenvalue weighted by molar-refractivity contribution is -0.140. The first-order valence-corrected chi connectivity index (χ1v) is 9.45. The quantitative estimate of drug-likeness (QED) is 0.819. The van der Waals surface area contributed by atoms with E-state index in [2.05, 4.69) is 15.0 Å². The second kappa shape index (κ2) is 7.37. The molecule has 0 radical (unpaired) electrons. The first kappa shape index (κ1) is 17.5. The van der Waals surface area contributed by atoms with Crippen LogP contribution in [0.1, 0.15) is 36.3 Å². The van der Waals surface area contributed by atoms with Gasteiger partial charge in [-0.1, -0.05) is 5.16 Å². The number of likely N-dealkylation sites (tertiary alicyclic amines) is 1. The summed E-state index contributed by atoms with van der Waals surface area (Å²) in [5, 5.41) is 4.10. The van der Waals surface area contributed by atoms with Gasteiger partial charge < -0.3 is 14.0 Å². The number of aryl methyl sites for hydroxylation is 2. The average Bonchev–Trinajstić information content (AvgIpc) is 2.99. The summed E-state index contributed by atoms with van der Waals surface area (Å²) < 4.78 is 17.6. The summed E-state index contributed by atoms with van der Waals surface area (Å²) in [6, 6.07) is 3.87. The Balaban J connectivity index is 1.49. The van der Waals surface area contributed by atoms with E-state index in [0.717, 1.165) is 62.7 Å². The maximum atomic E-state index is 6.15. The third-order valence-corrected chi connectivity index (χ3v) is 5.79. The lowest BCUT2D eigenvalue weighted by atomic mass is 9.73. The number of ether oxygens (including phenoxy) is 2. The Morgan fingerprint density at radius 2 is 2.31 bits per heavy atom. The second-order valence-electron chi connectivity index (χ2n) is 7.60. The van der Waals surface area contributed by atoms with E-state index in [1.807, 2.05) is 26.0 Å². The summed E-state index contributed by atoms with van der Waals surface area (Å²) in [5.74, 6) is 1.75. The molecule has 2 aliphatic rings. The van der Waals surface area contributed by atoms with Gasteiger partial charge in [0, 0.05) is 43.4 Å². The summed E-state index contributed by atoms with van der Waals surface area (Å²) in [6.45, 7) is 8.43. The molecule has 0 bridgehead atoms. The van der Waals surface area contributed by atoms with Crippen LogP contribution in [-0.4, -0.2) is 47.4 Å². The number of nitrogens with zero attached hydrogens (tertiary/aromatic N) is 3. The van der Waals surface area contributed by atoms with Crippen molar-refractivity contribution in [2.45, 2.75) is 45.8 Å². The van der Waals surface area contributed by atoms with E-state index in [0.29, 0.717) is 6.61 Å². The molecule has 4 rings (SSSR count). The van der Waals surface area contributed by atoms with Crippen LogP contribution in [-0.2, 0) is 11.3 Å². The van der Waals surface area contributed by atoms with E-state index < -0.39 is 0 Å². The summed E-state index contributed by atoms with van der Waals surface area (Å²) >= 11 is 0. The molecule has 26 heavy (non-hydrogen) atoms. The number of piperidine rings is 1. The highest BCUT2D eigenvalue weighted by Crippen LogP contribution is 2.41. The summed E-state index contributed by atoms with van der Waals surface area (Å²) in [4.78, 5) is 6.65. The predicted octanol–water partition coefficient (Wildman–Crippen LogP) is 3.14. The van der Waals surface area contributed by atoms with Crippen LogP contribution in [0, 0.1) is 19.3 Å². The molecule has 140 valence electrons. The molecule has 2 atom stereocenters. The van der Waals surface area contributed by atoms with Crippen molar-refractivity contribution in [3.05, 3.63) is 41.5 Å². The van der Waals surface area contributed by atoms with Crippen molar-refractivity contribution >= 4 is 0 Å². The summed E-state index contributed by atoms with van der Waals surface area (Å²) in [5.41, 5.74) is 2.24. The fourth-order valence-electron chi connectivity index (χ4n) is 4.34. The molecular weight excluding hydrogens is 330 g/mol. The van der Waals surface area contributed by atoms with Gasteiger partial charge in [0.25, 0.3) is 0 Å². The zero-order chi connectivity index (χ0) is 18.0. The molecule has 4 heterocycles. The van der Waals surface area contributed by atoms with Gasteiger partial charge in [-0.2, -0.15) is 0 Å². The summed E-state index contributed by atoms with van der Waals surface area (Å²) in [6.07, 6.45) is 7.08. The van der Waals surface area contributed by atoms with Gasteiger partial charge in [-0.25, -0.2) is 0 Å². The standard InChI is InChI=1S/C20H27N3O3/c1-15-18(16(2)26-22-15)12-23-9-6-19-20(13-23,7-4-10-24-19)14-25-17-5-3-8-21-11-17/h3,5,8,11,19H,4,6-7,9-10,12-14H2,1-2H3/t19-,20+/m0/s1. The molecule has 0 unspecified atom stereocenters. The fourth-order valence-corrected chi connectivity index (χ4v) is 4.34. The SMILES string of the molecule is Cc1noc(C)c1CN1CC[C@@H]2OCCC[C@]2(COc2cccnc2)C1. The van der Waals surface area contributed by atoms with Crippen LogP contribution in [0.15, 0.2) is 29.0 Å². The molecule has 2 aliphatic heterocycles. The topological polar surface area (TPSA) is 60.6 Å². The molecule has 0 N–H and O–H groups in total. The number of pyridine rings is 1. The lowest BCUT2D eigenvalue weighted by Crippen LogP contribution is -2.57. The van der Waals surface area contributed by atoms with Gasteiger partial charge in [-0.15, -0.1) is 0 Å². The maximum Gasteiger partial charge on any atom is 0.138 e. The number of hydrogen-bond acceptors (Lipinski definition) is 6. The Hall–Kier alpha value is -1.92. The molecule has 6 nitrogen and oxygen atoms in total. The minimum absolute atomic E-state index is 0.0331. The highest BCUT2D eigenvalue weighted by molar-refractivity contribution is 5.21. The molecule has 6 heteroatoms. The molecule has 2 aromatic rings. The first-order chi connectivity index (χ1) is 12.7. The van der Waals surface area contributed by atoms with E-state index in [1.54, 1.807) is 12.4 Å². The molecule has 2 fully saturated rings. The van der Waals surface area contributed by atoms with Crippen LogP contribution in [0.4, 0.5) is 0 Å². The fraction of sp³-hybridized carbons (Fsp3) is 0.600. The van der Waals surface area contributed by atoms with Crippen molar-refractivity contribution < 1.29 is 14.0 Å².